The molecule has 1 aromatic carbocycles. The molecule has 92 valence electrons. The van der Waals surface area contributed by atoms with Gasteiger partial charge in [-0.2, -0.15) is 0 Å². The monoisotopic (exact) mass is 255 g/mol. The molecule has 5 nitrogen and oxygen atoms in total. The molecule has 0 saturated heterocycles. The summed E-state index contributed by atoms with van der Waals surface area (Å²) in [5.41, 5.74) is 0.759. The van der Waals surface area contributed by atoms with E-state index < -0.39 is 15.7 Å². The average molecular weight is 255 g/mol. The standard InChI is InChI=1S/C11H13NO4S/c1-12(11(14)8-13)7-9-3-5-10(6-4-9)17(2,15)16/h3-6,8H,7H2,1-2H3. The lowest BCUT2D eigenvalue weighted by Crippen LogP contribution is -2.26. The summed E-state index contributed by atoms with van der Waals surface area (Å²) in [7, 11) is -1.70. The zero-order valence-electron chi connectivity index (χ0n) is 9.58. The van der Waals surface area contributed by atoms with Gasteiger partial charge in [-0.05, 0) is 17.7 Å². The maximum atomic E-state index is 11.2. The number of hydrogen-bond donors (Lipinski definition) is 0. The molecule has 0 unspecified atom stereocenters. The Hall–Kier alpha value is -1.69. The van der Waals surface area contributed by atoms with Crippen LogP contribution in [0.3, 0.4) is 0 Å². The molecule has 0 aliphatic carbocycles. The molecule has 0 radical (unpaired) electrons. The predicted octanol–water partition coefficient (Wildman–Crippen LogP) is 0.247. The highest BCUT2D eigenvalue weighted by Gasteiger charge is 2.09. The van der Waals surface area contributed by atoms with Gasteiger partial charge in [0.15, 0.2) is 9.84 Å². The number of nitrogens with zero attached hydrogens (tertiary/aromatic N) is 1. The second-order valence-corrected chi connectivity index (χ2v) is 5.74. The molecule has 1 amide bonds. The van der Waals surface area contributed by atoms with Gasteiger partial charge in [0.25, 0.3) is 5.91 Å². The van der Waals surface area contributed by atoms with E-state index in [2.05, 4.69) is 0 Å². The third-order valence-corrected chi connectivity index (χ3v) is 3.38. The molecule has 0 fully saturated rings. The van der Waals surface area contributed by atoms with Crippen molar-refractivity contribution in [1.29, 1.82) is 0 Å². The number of carbonyl (C=O) groups is 2. The number of rotatable bonds is 4. The smallest absolute Gasteiger partial charge is 0.286 e. The minimum Gasteiger partial charge on any atom is -0.335 e. The fourth-order valence-corrected chi connectivity index (χ4v) is 1.91. The molecule has 0 bridgehead atoms. The molecule has 17 heavy (non-hydrogen) atoms. The van der Waals surface area contributed by atoms with Gasteiger partial charge in [0, 0.05) is 19.8 Å². The van der Waals surface area contributed by atoms with E-state index in [-0.39, 0.29) is 17.7 Å². The second kappa shape index (κ2) is 5.09. The number of carbonyl (C=O) groups excluding carboxylic acids is 2. The summed E-state index contributed by atoms with van der Waals surface area (Å²) in [5.74, 6) is -0.614. The Morgan fingerprint density at radius 3 is 2.24 bits per heavy atom. The predicted molar refractivity (Wildman–Crippen MR) is 62.1 cm³/mol. The van der Waals surface area contributed by atoms with Crippen molar-refractivity contribution in [3.63, 3.8) is 0 Å². The van der Waals surface area contributed by atoms with E-state index in [1.54, 1.807) is 12.1 Å². The molecular formula is C11H13NO4S. The first-order valence-corrected chi connectivity index (χ1v) is 6.73. The number of likely N-dealkylation sites (N-methyl/N-ethyl adjacent to an activating group) is 1. The summed E-state index contributed by atoms with van der Waals surface area (Å²) >= 11 is 0. The lowest BCUT2D eigenvalue weighted by molar-refractivity contribution is -0.138. The zero-order valence-corrected chi connectivity index (χ0v) is 10.4. The quantitative estimate of drug-likeness (QED) is 0.571. The van der Waals surface area contributed by atoms with Crippen molar-refractivity contribution in [3.05, 3.63) is 29.8 Å². The lowest BCUT2D eigenvalue weighted by Gasteiger charge is -2.13. The summed E-state index contributed by atoms with van der Waals surface area (Å²) in [6.07, 6.45) is 1.37. The van der Waals surface area contributed by atoms with Crippen molar-refractivity contribution in [2.75, 3.05) is 13.3 Å². The molecule has 1 rings (SSSR count). The summed E-state index contributed by atoms with van der Waals surface area (Å²) in [6, 6.07) is 6.18. The highest BCUT2D eigenvalue weighted by molar-refractivity contribution is 7.90. The van der Waals surface area contributed by atoms with Gasteiger partial charge in [-0.3, -0.25) is 9.59 Å². The van der Waals surface area contributed by atoms with E-state index in [4.69, 9.17) is 0 Å². The van der Waals surface area contributed by atoms with Crippen LogP contribution in [0.1, 0.15) is 5.56 Å². The molecule has 6 heteroatoms. The van der Waals surface area contributed by atoms with Crippen LogP contribution in [0.25, 0.3) is 0 Å². The minimum absolute atomic E-state index is 0.227. The van der Waals surface area contributed by atoms with Crippen LogP contribution >= 0.6 is 0 Å². The van der Waals surface area contributed by atoms with Gasteiger partial charge in [-0.1, -0.05) is 12.1 Å². The summed E-state index contributed by atoms with van der Waals surface area (Å²) in [5, 5.41) is 0. The number of aldehydes is 1. The second-order valence-electron chi connectivity index (χ2n) is 3.73. The largest absolute Gasteiger partial charge is 0.335 e. The van der Waals surface area contributed by atoms with Crippen molar-refractivity contribution in [1.82, 2.24) is 4.90 Å². The molecule has 0 aliphatic heterocycles. The van der Waals surface area contributed by atoms with Gasteiger partial charge in [0.05, 0.1) is 4.90 Å². The first kappa shape index (κ1) is 13.4. The van der Waals surface area contributed by atoms with Crippen LogP contribution in [0.5, 0.6) is 0 Å². The Kier molecular flexibility index (Phi) is 4.01. The van der Waals surface area contributed by atoms with Gasteiger partial charge in [0.2, 0.25) is 6.29 Å². The molecule has 0 atom stereocenters. The van der Waals surface area contributed by atoms with E-state index in [9.17, 15) is 18.0 Å². The summed E-state index contributed by atoms with van der Waals surface area (Å²) in [6.45, 7) is 0.265. The molecule has 0 heterocycles. The van der Waals surface area contributed by atoms with Crippen LogP contribution in [0, 0.1) is 0 Å². The Morgan fingerprint density at radius 2 is 1.82 bits per heavy atom. The van der Waals surface area contributed by atoms with Crippen molar-refractivity contribution in [2.24, 2.45) is 0 Å². The topological polar surface area (TPSA) is 71.5 Å². The van der Waals surface area contributed by atoms with Crippen LogP contribution in [0.15, 0.2) is 29.2 Å². The molecule has 1 aromatic rings. The van der Waals surface area contributed by atoms with Crippen molar-refractivity contribution in [2.45, 2.75) is 11.4 Å². The van der Waals surface area contributed by atoms with Gasteiger partial charge in [0.1, 0.15) is 0 Å². The maximum Gasteiger partial charge on any atom is 0.286 e. The Bertz CT molecular complexity index is 519. The fourth-order valence-electron chi connectivity index (χ4n) is 1.28. The Labute approximate surface area is 100.0 Å². The van der Waals surface area contributed by atoms with Gasteiger partial charge < -0.3 is 4.90 Å². The number of amides is 1. The first-order valence-electron chi connectivity index (χ1n) is 4.84. The fraction of sp³-hybridized carbons (Fsp3) is 0.273. The van der Waals surface area contributed by atoms with Crippen LogP contribution < -0.4 is 0 Å². The highest BCUT2D eigenvalue weighted by atomic mass is 32.2. The number of hydrogen-bond acceptors (Lipinski definition) is 4. The van der Waals surface area contributed by atoms with Crippen LogP contribution in [0.2, 0.25) is 0 Å². The number of benzene rings is 1. The molecule has 0 saturated carbocycles. The SMILES string of the molecule is CN(Cc1ccc(S(C)(=O)=O)cc1)C(=O)C=O. The Balaban J connectivity index is 2.83. The third-order valence-electron chi connectivity index (χ3n) is 2.25. The molecule has 0 aromatic heterocycles. The summed E-state index contributed by atoms with van der Waals surface area (Å²) in [4.78, 5) is 22.7. The average Bonchev–Trinajstić information content (AvgIpc) is 2.27. The highest BCUT2D eigenvalue weighted by Crippen LogP contribution is 2.11. The van der Waals surface area contributed by atoms with E-state index in [0.29, 0.717) is 0 Å². The molecule has 0 spiro atoms. The molecule has 0 N–H and O–H groups in total. The normalized spacial score (nSPS) is 10.9. The minimum atomic E-state index is -3.21. The molecular weight excluding hydrogens is 242 g/mol. The van der Waals surface area contributed by atoms with E-state index in [1.807, 2.05) is 0 Å². The lowest BCUT2D eigenvalue weighted by atomic mass is 10.2. The van der Waals surface area contributed by atoms with E-state index >= 15 is 0 Å². The first-order chi connectivity index (χ1) is 7.84. The van der Waals surface area contributed by atoms with Crippen LogP contribution in [-0.2, 0) is 26.0 Å². The van der Waals surface area contributed by atoms with Gasteiger partial charge in [-0.15, -0.1) is 0 Å². The van der Waals surface area contributed by atoms with Crippen LogP contribution in [-0.4, -0.2) is 38.8 Å². The van der Waals surface area contributed by atoms with Gasteiger partial charge in [-0.25, -0.2) is 8.42 Å². The van der Waals surface area contributed by atoms with Crippen molar-refractivity contribution >= 4 is 22.0 Å². The molecule has 0 aliphatic rings. The van der Waals surface area contributed by atoms with Crippen molar-refractivity contribution < 1.29 is 18.0 Å². The maximum absolute atomic E-state index is 11.2. The van der Waals surface area contributed by atoms with E-state index in [0.717, 1.165) is 11.8 Å². The van der Waals surface area contributed by atoms with Crippen LogP contribution in [0.4, 0.5) is 0 Å². The van der Waals surface area contributed by atoms with Gasteiger partial charge >= 0.3 is 0 Å². The third kappa shape index (κ3) is 3.67. The summed E-state index contributed by atoms with van der Waals surface area (Å²) < 4.78 is 22.4. The number of sulfone groups is 1. The zero-order chi connectivity index (χ0) is 13.1. The van der Waals surface area contributed by atoms with Crippen molar-refractivity contribution in [3.8, 4) is 0 Å². The van der Waals surface area contributed by atoms with E-state index in [1.165, 1.54) is 24.1 Å². The Morgan fingerprint density at radius 1 is 1.29 bits per heavy atom.